The number of primary amides is 1. The zero-order valence-corrected chi connectivity index (χ0v) is 27.8. The van der Waals surface area contributed by atoms with E-state index in [-0.39, 0.29) is 42.9 Å². The molecule has 0 spiro atoms. The number of piperidine rings is 1. The second kappa shape index (κ2) is 12.4. The third-order valence-corrected chi connectivity index (χ3v) is 9.61. The Morgan fingerprint density at radius 3 is 2.57 bits per heavy atom. The highest BCUT2D eigenvalue weighted by atomic mass is 19.1. The standard InChI is InChI=1S/C35H38F3N7O4/c1-18(2)7-25-31(33(39)47)30(19-5-6-27-28(8-19)49-16-29(46)44(27)13-26-23(37)9-20(36)10-40-26)22-11-41-45(34(22)42-25)32-24(38)12-43(17-35(32,3)4)21-14-48-15-21/h5-6,8-11,18,21,24,32H,7,12-17H2,1-4H3,(H2,39,47). The van der Waals surface area contributed by atoms with E-state index in [2.05, 4.69) is 9.88 Å². The van der Waals surface area contributed by atoms with Gasteiger partial charge in [-0.25, -0.2) is 22.8 Å². The molecule has 2 atom stereocenters. The van der Waals surface area contributed by atoms with Crippen molar-refractivity contribution in [3.8, 4) is 16.9 Å². The van der Waals surface area contributed by atoms with Crippen molar-refractivity contribution >= 4 is 28.5 Å². The number of fused-ring (bicyclic) bond motifs is 2. The van der Waals surface area contributed by atoms with Crippen LogP contribution in [0.4, 0.5) is 18.9 Å². The normalized spacial score (nSPS) is 21.1. The summed E-state index contributed by atoms with van der Waals surface area (Å²) in [5.74, 6) is -2.41. The molecule has 2 fully saturated rings. The van der Waals surface area contributed by atoms with Crippen LogP contribution in [0.3, 0.4) is 0 Å². The maximum absolute atomic E-state index is 16.3. The number of anilines is 1. The van der Waals surface area contributed by atoms with Crippen LogP contribution in [0.5, 0.6) is 5.75 Å². The first-order chi connectivity index (χ1) is 23.3. The van der Waals surface area contributed by atoms with Gasteiger partial charge in [0.1, 0.15) is 23.6 Å². The number of carbonyl (C=O) groups excluding carboxylic acids is 2. The lowest BCUT2D eigenvalue weighted by Gasteiger charge is -2.50. The Labute approximate surface area is 281 Å². The van der Waals surface area contributed by atoms with E-state index in [9.17, 15) is 18.4 Å². The monoisotopic (exact) mass is 677 g/mol. The second-order valence-corrected chi connectivity index (χ2v) is 14.2. The van der Waals surface area contributed by atoms with E-state index in [1.165, 1.54) is 4.90 Å². The second-order valence-electron chi connectivity index (χ2n) is 14.2. The van der Waals surface area contributed by atoms with E-state index in [1.807, 2.05) is 27.7 Å². The van der Waals surface area contributed by atoms with Gasteiger partial charge in [-0.1, -0.05) is 33.8 Å². The molecular weight excluding hydrogens is 639 g/mol. The molecule has 258 valence electrons. The zero-order chi connectivity index (χ0) is 34.8. The molecule has 11 nitrogen and oxygen atoms in total. The molecule has 0 bridgehead atoms. The summed E-state index contributed by atoms with van der Waals surface area (Å²) in [5, 5.41) is 5.23. The average Bonchev–Trinajstić information content (AvgIpc) is 3.39. The third kappa shape index (κ3) is 5.90. The maximum Gasteiger partial charge on any atom is 0.265 e. The van der Waals surface area contributed by atoms with E-state index in [0.29, 0.717) is 71.5 Å². The Hall–Kier alpha value is -4.56. The van der Waals surface area contributed by atoms with Gasteiger partial charge < -0.3 is 15.2 Å². The Morgan fingerprint density at radius 1 is 1.14 bits per heavy atom. The van der Waals surface area contributed by atoms with Crippen LogP contribution in [0.15, 0.2) is 36.7 Å². The number of nitrogens with two attached hydrogens (primary N) is 1. The average molecular weight is 678 g/mol. The van der Waals surface area contributed by atoms with Crippen LogP contribution in [0.25, 0.3) is 22.2 Å². The molecule has 2 N–H and O–H groups in total. The molecule has 0 saturated carbocycles. The highest BCUT2D eigenvalue weighted by Crippen LogP contribution is 2.45. The minimum Gasteiger partial charge on any atom is -0.482 e. The largest absolute Gasteiger partial charge is 0.482 e. The summed E-state index contributed by atoms with van der Waals surface area (Å²) in [7, 11) is 0. The molecule has 14 heteroatoms. The fourth-order valence-electron chi connectivity index (χ4n) is 7.34. The SMILES string of the molecule is CC(C)Cc1nc2c(cnn2C2C(F)CN(C3COC3)CC2(C)C)c(-c2ccc3c(c2)OCC(=O)N3Cc2ncc(F)cc2F)c1C(N)=O. The van der Waals surface area contributed by atoms with Crippen molar-refractivity contribution in [2.75, 3.05) is 37.8 Å². The molecule has 2 amide bonds. The molecule has 3 aliphatic heterocycles. The number of carbonyl (C=O) groups is 2. The Kier molecular flexibility index (Phi) is 8.34. The van der Waals surface area contributed by atoms with Crippen LogP contribution in [0.2, 0.25) is 0 Å². The van der Waals surface area contributed by atoms with E-state index >= 15 is 4.39 Å². The number of pyridine rings is 2. The number of halogens is 3. The summed E-state index contributed by atoms with van der Waals surface area (Å²) >= 11 is 0. The highest BCUT2D eigenvalue weighted by molar-refractivity contribution is 6.09. The fourth-order valence-corrected chi connectivity index (χ4v) is 7.34. The number of aromatic nitrogens is 4. The van der Waals surface area contributed by atoms with E-state index in [1.54, 1.807) is 29.1 Å². The van der Waals surface area contributed by atoms with Crippen LogP contribution < -0.4 is 15.4 Å². The summed E-state index contributed by atoms with van der Waals surface area (Å²) < 4.78 is 57.1. The van der Waals surface area contributed by atoms with E-state index < -0.39 is 41.1 Å². The number of nitrogens with zero attached hydrogens (tertiary/aromatic N) is 6. The molecule has 7 rings (SSSR count). The first-order valence-corrected chi connectivity index (χ1v) is 16.4. The summed E-state index contributed by atoms with van der Waals surface area (Å²) in [4.78, 5) is 38.4. The summed E-state index contributed by atoms with van der Waals surface area (Å²) in [6.45, 7) is 9.56. The first kappa shape index (κ1) is 33.0. The lowest BCUT2D eigenvalue weighted by Crippen LogP contribution is -2.60. The Morgan fingerprint density at radius 2 is 1.92 bits per heavy atom. The summed E-state index contributed by atoms with van der Waals surface area (Å²) in [5.41, 5.74) is 7.90. The molecule has 6 heterocycles. The van der Waals surface area contributed by atoms with E-state index in [0.717, 1.165) is 6.20 Å². The molecule has 49 heavy (non-hydrogen) atoms. The molecule has 2 unspecified atom stereocenters. The van der Waals surface area contributed by atoms with Crippen molar-refractivity contribution in [1.82, 2.24) is 24.6 Å². The van der Waals surface area contributed by atoms with Gasteiger partial charge in [0.15, 0.2) is 12.3 Å². The van der Waals surface area contributed by atoms with Gasteiger partial charge in [-0.3, -0.25) is 24.4 Å². The highest BCUT2D eigenvalue weighted by Gasteiger charge is 2.47. The number of benzene rings is 1. The lowest BCUT2D eigenvalue weighted by atomic mass is 9.77. The van der Waals surface area contributed by atoms with Crippen LogP contribution in [0.1, 0.15) is 55.5 Å². The molecular formula is C35H38F3N7O4. The van der Waals surface area contributed by atoms with Gasteiger partial charge in [-0.15, -0.1) is 0 Å². The number of ether oxygens (including phenoxy) is 2. The number of likely N-dealkylation sites (tertiary alicyclic amines) is 1. The minimum atomic E-state index is -1.25. The van der Waals surface area contributed by atoms with Crippen LogP contribution >= 0.6 is 0 Å². The van der Waals surface area contributed by atoms with Gasteiger partial charge in [-0.2, -0.15) is 5.10 Å². The quantitative estimate of drug-likeness (QED) is 0.286. The van der Waals surface area contributed by atoms with Gasteiger partial charge in [0.2, 0.25) is 0 Å². The topological polar surface area (TPSA) is 129 Å². The van der Waals surface area contributed by atoms with Crippen molar-refractivity contribution < 1.29 is 32.2 Å². The van der Waals surface area contributed by atoms with Crippen LogP contribution in [-0.4, -0.2) is 81.6 Å². The minimum absolute atomic E-state index is 0.106. The Balaban J connectivity index is 1.35. The van der Waals surface area contributed by atoms with Crippen molar-refractivity contribution in [2.24, 2.45) is 17.1 Å². The molecule has 0 aliphatic carbocycles. The molecule has 4 aromatic rings. The van der Waals surface area contributed by atoms with Crippen molar-refractivity contribution in [3.05, 3.63) is 65.2 Å². The number of amides is 2. The third-order valence-electron chi connectivity index (χ3n) is 9.61. The van der Waals surface area contributed by atoms with Crippen molar-refractivity contribution in [1.29, 1.82) is 0 Å². The van der Waals surface area contributed by atoms with Gasteiger partial charge in [0.05, 0.1) is 66.9 Å². The molecule has 1 aromatic carbocycles. The van der Waals surface area contributed by atoms with Crippen LogP contribution in [-0.2, 0) is 22.5 Å². The smallest absolute Gasteiger partial charge is 0.265 e. The van der Waals surface area contributed by atoms with Gasteiger partial charge in [0, 0.05) is 35.5 Å². The van der Waals surface area contributed by atoms with Gasteiger partial charge in [0.25, 0.3) is 11.8 Å². The summed E-state index contributed by atoms with van der Waals surface area (Å²) in [6.07, 6.45) is 1.66. The number of rotatable bonds is 8. The van der Waals surface area contributed by atoms with E-state index in [4.69, 9.17) is 25.3 Å². The predicted molar refractivity (Wildman–Crippen MR) is 175 cm³/mol. The molecule has 2 saturated heterocycles. The van der Waals surface area contributed by atoms with Gasteiger partial charge >= 0.3 is 0 Å². The zero-order valence-electron chi connectivity index (χ0n) is 27.8. The first-order valence-electron chi connectivity index (χ1n) is 16.4. The van der Waals surface area contributed by atoms with Crippen molar-refractivity contribution in [2.45, 2.75) is 58.9 Å². The number of hydrogen-bond donors (Lipinski definition) is 1. The fraction of sp³-hybridized carbons (Fsp3) is 0.457. The molecule has 3 aromatic heterocycles. The number of alkyl halides is 1. The lowest BCUT2D eigenvalue weighted by molar-refractivity contribution is -0.121. The summed E-state index contributed by atoms with van der Waals surface area (Å²) in [6, 6.07) is 5.29. The van der Waals surface area contributed by atoms with Crippen LogP contribution in [0, 0.1) is 23.0 Å². The molecule has 0 radical (unpaired) electrons. The maximum atomic E-state index is 16.3. The van der Waals surface area contributed by atoms with Gasteiger partial charge in [-0.05, 0) is 30.0 Å². The number of hydrogen-bond acceptors (Lipinski definition) is 8. The van der Waals surface area contributed by atoms with Crippen molar-refractivity contribution in [3.63, 3.8) is 0 Å². The Bertz CT molecular complexity index is 1960. The predicted octanol–water partition coefficient (Wildman–Crippen LogP) is 4.61. The molecule has 3 aliphatic rings.